The maximum atomic E-state index is 6.01. The molecule has 0 aliphatic carbocycles. The van der Waals surface area contributed by atoms with Crippen molar-refractivity contribution in [2.45, 2.75) is 103 Å². The molecule has 0 atom stereocenters. The topological polar surface area (TPSA) is 281 Å². The normalized spacial score (nSPS) is 11.6. The third kappa shape index (κ3) is 19.5. The Kier molecular flexibility index (Phi) is 22.7. The van der Waals surface area contributed by atoms with E-state index < -0.39 is 0 Å². The van der Waals surface area contributed by atoms with E-state index in [2.05, 4.69) is 119 Å². The standard InChI is InChI=1S/C48H70Cl2N16/c1-32(39-43(51)65-45(53)41(49)63-39)61-47(55)59-30-14-10-18-37-24-20-35(21-25-37)16-8-4-6-12-28-57-34(3)58-29-13-7-5-9-17-36-22-26-38(27-23-36)19-11-15-31-60-48(56)62-33(2)40-44(52)66-46(54)42(50)64-40/h20-27,57-58H,1-19,28-31H2,(H4,51,53,65)(H4,52,54,66)(H3,55,59,61)(H3,56,60,62). The van der Waals surface area contributed by atoms with Crippen LogP contribution in [0.15, 0.2) is 84.1 Å². The number of aromatic nitrogens is 4. The van der Waals surface area contributed by atoms with E-state index in [0.717, 1.165) is 83.1 Å². The Morgan fingerprint density at radius 1 is 0.455 bits per heavy atom. The number of nitrogens with one attached hydrogen (secondary N) is 4. The summed E-state index contributed by atoms with van der Waals surface area (Å²) >= 11 is 11.9. The molecule has 16 N–H and O–H groups in total. The summed E-state index contributed by atoms with van der Waals surface area (Å²) in [4.78, 5) is 24.9. The molecule has 18 heteroatoms. The van der Waals surface area contributed by atoms with Gasteiger partial charge in [-0.05, 0) is 99.3 Å². The average molecular weight is 942 g/mol. The van der Waals surface area contributed by atoms with Gasteiger partial charge in [-0.2, -0.15) is 0 Å². The van der Waals surface area contributed by atoms with Crippen LogP contribution in [0.4, 0.5) is 23.3 Å². The lowest BCUT2D eigenvalue weighted by molar-refractivity contribution is 0.577. The van der Waals surface area contributed by atoms with Gasteiger partial charge in [0.25, 0.3) is 0 Å². The Balaban J connectivity index is 0.924. The highest BCUT2D eigenvalue weighted by atomic mass is 35.5. The van der Waals surface area contributed by atoms with Crippen molar-refractivity contribution in [3.8, 4) is 0 Å². The van der Waals surface area contributed by atoms with E-state index in [1.54, 1.807) is 0 Å². The average Bonchev–Trinajstić information content (AvgIpc) is 3.28. The number of aryl methyl sites for hydroxylation is 4. The minimum atomic E-state index is 0.0502. The molecule has 0 aliphatic rings. The van der Waals surface area contributed by atoms with Gasteiger partial charge in [-0.3, -0.25) is 9.98 Å². The number of aliphatic imine (C=N–C) groups is 2. The number of unbranched alkanes of at least 4 members (excludes halogenated alkanes) is 8. The Bertz CT molecular complexity index is 2070. The summed E-state index contributed by atoms with van der Waals surface area (Å²) in [5.41, 5.74) is 41.8. The smallest absolute Gasteiger partial charge is 0.193 e. The number of hydrogen-bond acceptors (Lipinski definition) is 12. The molecule has 0 amide bonds. The summed E-state index contributed by atoms with van der Waals surface area (Å²) < 4.78 is 0. The molecule has 66 heavy (non-hydrogen) atoms. The van der Waals surface area contributed by atoms with E-state index >= 15 is 0 Å². The Morgan fingerprint density at radius 2 is 0.773 bits per heavy atom. The van der Waals surface area contributed by atoms with Gasteiger partial charge in [-0.1, -0.05) is 117 Å². The minimum absolute atomic E-state index is 0.0502. The van der Waals surface area contributed by atoms with Crippen LogP contribution in [0, 0.1) is 0 Å². The highest BCUT2D eigenvalue weighted by Crippen LogP contribution is 2.22. The van der Waals surface area contributed by atoms with Gasteiger partial charge in [0.1, 0.15) is 11.4 Å². The maximum Gasteiger partial charge on any atom is 0.193 e. The van der Waals surface area contributed by atoms with Crippen LogP contribution in [0.25, 0.3) is 11.4 Å². The van der Waals surface area contributed by atoms with E-state index in [1.165, 1.54) is 60.8 Å². The lowest BCUT2D eigenvalue weighted by Gasteiger charge is -2.12. The van der Waals surface area contributed by atoms with Crippen molar-refractivity contribution in [3.05, 3.63) is 118 Å². The van der Waals surface area contributed by atoms with Crippen LogP contribution in [-0.4, -0.2) is 58.0 Å². The Morgan fingerprint density at radius 3 is 1.12 bits per heavy atom. The molecule has 0 spiro atoms. The highest BCUT2D eigenvalue weighted by Gasteiger charge is 2.13. The fourth-order valence-corrected chi connectivity index (χ4v) is 7.27. The zero-order valence-corrected chi connectivity index (χ0v) is 39.8. The molecule has 4 aromatic rings. The number of halogens is 2. The van der Waals surface area contributed by atoms with Crippen molar-refractivity contribution in [2.75, 3.05) is 49.1 Å². The van der Waals surface area contributed by atoms with E-state index in [1.807, 2.05) is 0 Å². The lowest BCUT2D eigenvalue weighted by Crippen LogP contribution is -2.31. The highest BCUT2D eigenvalue weighted by molar-refractivity contribution is 6.32. The molecule has 0 saturated heterocycles. The van der Waals surface area contributed by atoms with Crippen LogP contribution < -0.4 is 55.7 Å². The third-order valence-electron chi connectivity index (χ3n) is 10.8. The summed E-state index contributed by atoms with van der Waals surface area (Å²) in [5.74, 6) is 1.71. The summed E-state index contributed by atoms with van der Waals surface area (Å²) in [6, 6.07) is 18.0. The second kappa shape index (κ2) is 28.6. The first-order valence-corrected chi connectivity index (χ1v) is 23.6. The molecule has 0 radical (unpaired) electrons. The molecular formula is C48H70Cl2N16. The molecule has 2 aromatic carbocycles. The second-order valence-electron chi connectivity index (χ2n) is 16.2. The van der Waals surface area contributed by atoms with E-state index in [-0.39, 0.29) is 56.9 Å². The molecule has 0 aliphatic heterocycles. The van der Waals surface area contributed by atoms with Crippen LogP contribution in [0.2, 0.25) is 10.3 Å². The van der Waals surface area contributed by atoms with Gasteiger partial charge in [0.15, 0.2) is 45.5 Å². The zero-order valence-electron chi connectivity index (χ0n) is 38.3. The van der Waals surface area contributed by atoms with Gasteiger partial charge in [0.2, 0.25) is 0 Å². The van der Waals surface area contributed by atoms with Crippen LogP contribution >= 0.6 is 23.2 Å². The summed E-state index contributed by atoms with van der Waals surface area (Å²) in [6.07, 6.45) is 17.5. The quantitative estimate of drug-likeness (QED) is 0.0140. The van der Waals surface area contributed by atoms with E-state index in [0.29, 0.717) is 24.5 Å². The molecule has 16 nitrogen and oxygen atoms in total. The number of nitrogens with zero attached hydrogens (tertiary/aromatic N) is 6. The van der Waals surface area contributed by atoms with Crippen LogP contribution in [0.1, 0.15) is 111 Å². The van der Waals surface area contributed by atoms with Crippen molar-refractivity contribution < 1.29 is 0 Å². The molecule has 2 aromatic heterocycles. The van der Waals surface area contributed by atoms with Crippen LogP contribution in [0.5, 0.6) is 0 Å². The lowest BCUT2D eigenvalue weighted by atomic mass is 10.0. The fraction of sp³-hybridized carbons (Fsp3) is 0.417. The van der Waals surface area contributed by atoms with Crippen LogP contribution in [-0.2, 0) is 25.7 Å². The number of hydrogen-bond donors (Lipinski definition) is 10. The first-order chi connectivity index (χ1) is 31.8. The zero-order chi connectivity index (χ0) is 47.7. The number of nitrogen functional groups attached to an aromatic ring is 4. The van der Waals surface area contributed by atoms with Crippen molar-refractivity contribution in [1.82, 2.24) is 41.2 Å². The number of nitrogens with two attached hydrogens (primary N) is 6. The molecule has 0 fully saturated rings. The van der Waals surface area contributed by atoms with Gasteiger partial charge in [0, 0.05) is 26.2 Å². The molecule has 356 valence electrons. The maximum absolute atomic E-state index is 6.01. The fourth-order valence-electron chi connectivity index (χ4n) is 7.02. The molecule has 2 heterocycles. The number of anilines is 4. The largest absolute Gasteiger partial charge is 0.382 e. The first-order valence-electron chi connectivity index (χ1n) is 22.8. The number of guanidine groups is 2. The molecule has 4 rings (SSSR count). The molecule has 0 saturated carbocycles. The third-order valence-corrected chi connectivity index (χ3v) is 11.3. The van der Waals surface area contributed by atoms with Gasteiger partial charge in [0.05, 0.1) is 17.2 Å². The van der Waals surface area contributed by atoms with Crippen LogP contribution in [0.3, 0.4) is 0 Å². The van der Waals surface area contributed by atoms with Gasteiger partial charge < -0.3 is 55.7 Å². The summed E-state index contributed by atoms with van der Waals surface area (Å²) in [7, 11) is 0. The number of rotatable bonds is 30. The minimum Gasteiger partial charge on any atom is -0.382 e. The van der Waals surface area contributed by atoms with E-state index in [4.69, 9.17) is 57.6 Å². The van der Waals surface area contributed by atoms with Crippen molar-refractivity contribution in [1.29, 1.82) is 0 Å². The van der Waals surface area contributed by atoms with Gasteiger partial charge in [-0.15, -0.1) is 0 Å². The Hall–Kier alpha value is -6.26. The molecular weight excluding hydrogens is 872 g/mol. The van der Waals surface area contributed by atoms with Crippen molar-refractivity contribution >= 4 is 69.8 Å². The molecule has 0 bridgehead atoms. The van der Waals surface area contributed by atoms with Crippen molar-refractivity contribution in [3.63, 3.8) is 0 Å². The molecule has 0 unspecified atom stereocenters. The first kappa shape index (κ1) is 52.4. The van der Waals surface area contributed by atoms with Crippen molar-refractivity contribution in [2.24, 2.45) is 21.5 Å². The summed E-state index contributed by atoms with van der Waals surface area (Å²) in [5, 5.41) is 12.8. The second-order valence-corrected chi connectivity index (χ2v) is 16.9. The number of benzene rings is 2. The summed E-state index contributed by atoms with van der Waals surface area (Å²) in [6.45, 7) is 15.0. The Labute approximate surface area is 400 Å². The van der Waals surface area contributed by atoms with E-state index in [9.17, 15) is 0 Å². The van der Waals surface area contributed by atoms with Gasteiger partial charge in [-0.25, -0.2) is 19.9 Å². The monoisotopic (exact) mass is 941 g/mol. The van der Waals surface area contributed by atoms with Gasteiger partial charge >= 0.3 is 0 Å². The predicted octanol–water partition coefficient (Wildman–Crippen LogP) is 7.25. The predicted molar refractivity (Wildman–Crippen MR) is 277 cm³/mol. The SMILES string of the molecule is C=C(NCCCCCCc1ccc(CCCCN=C(N)NC(=C)c2nc(Cl)c(N)nc2N)cc1)NCCCCCCc1ccc(CCCCN=C(N)NC(=C)c2nc(Cl)c(N)nc2N)cc1.